The molecule has 1 atom stereocenters. The monoisotopic (exact) mass is 317 g/mol. The van der Waals surface area contributed by atoms with Crippen LogP contribution in [0.4, 0.5) is 5.82 Å². The predicted octanol–water partition coefficient (Wildman–Crippen LogP) is 3.58. The molecule has 4 rings (SSSR count). The van der Waals surface area contributed by atoms with E-state index in [9.17, 15) is 0 Å². The quantitative estimate of drug-likeness (QED) is 0.848. The number of rotatable bonds is 2. The zero-order valence-corrected chi connectivity index (χ0v) is 14.2. The molecule has 0 radical (unpaired) electrons. The van der Waals surface area contributed by atoms with Crippen LogP contribution in [0.15, 0.2) is 6.33 Å². The Morgan fingerprint density at radius 3 is 3.05 bits per heavy atom. The first kappa shape index (κ1) is 14.4. The minimum absolute atomic E-state index is 0.0639. The van der Waals surface area contributed by atoms with Gasteiger partial charge in [-0.15, -0.1) is 11.3 Å². The molecule has 1 aliphatic carbocycles. The van der Waals surface area contributed by atoms with E-state index in [1.807, 2.05) is 11.3 Å². The molecule has 0 spiro atoms. The van der Waals surface area contributed by atoms with Crippen LogP contribution >= 0.6 is 11.3 Å². The lowest BCUT2D eigenvalue weighted by molar-refractivity contribution is -0.0442. The molecule has 0 bridgehead atoms. The Bertz CT molecular complexity index is 699. The van der Waals surface area contributed by atoms with Crippen molar-refractivity contribution in [2.24, 2.45) is 0 Å². The van der Waals surface area contributed by atoms with Gasteiger partial charge in [0, 0.05) is 18.0 Å². The summed E-state index contributed by atoms with van der Waals surface area (Å²) in [5.41, 5.74) is 1.46. The van der Waals surface area contributed by atoms with Crippen molar-refractivity contribution in [1.29, 1.82) is 0 Å². The third-order valence-electron chi connectivity index (χ3n) is 5.12. The second-order valence-corrected chi connectivity index (χ2v) is 7.75. The molecule has 118 valence electrons. The van der Waals surface area contributed by atoms with Gasteiger partial charge in [0.05, 0.1) is 17.6 Å². The summed E-state index contributed by atoms with van der Waals surface area (Å²) in [7, 11) is 0. The highest BCUT2D eigenvalue weighted by Gasteiger charge is 2.32. The van der Waals surface area contributed by atoms with Gasteiger partial charge in [-0.3, -0.25) is 0 Å². The summed E-state index contributed by atoms with van der Waals surface area (Å²) in [6, 6.07) is 0. The van der Waals surface area contributed by atoms with Gasteiger partial charge in [0.15, 0.2) is 0 Å². The minimum Gasteiger partial charge on any atom is -0.372 e. The number of fused-ring (bicyclic) bond motifs is 3. The average Bonchev–Trinajstić information content (AvgIpc) is 2.93. The molecular weight excluding hydrogens is 294 g/mol. The molecular formula is C17H23N3OS. The van der Waals surface area contributed by atoms with Crippen LogP contribution in [0.3, 0.4) is 0 Å². The number of anilines is 1. The number of aryl methyl sites for hydroxylation is 2. The molecule has 1 saturated heterocycles. The number of hydrogen-bond acceptors (Lipinski definition) is 5. The minimum atomic E-state index is -0.0639. The van der Waals surface area contributed by atoms with E-state index in [2.05, 4.69) is 28.7 Å². The van der Waals surface area contributed by atoms with E-state index in [4.69, 9.17) is 4.74 Å². The van der Waals surface area contributed by atoms with Crippen LogP contribution in [0.25, 0.3) is 10.2 Å². The van der Waals surface area contributed by atoms with Crippen molar-refractivity contribution in [2.75, 3.05) is 24.6 Å². The molecule has 0 amide bonds. The number of morpholine rings is 1. The topological polar surface area (TPSA) is 38.2 Å². The van der Waals surface area contributed by atoms with Crippen molar-refractivity contribution in [3.8, 4) is 0 Å². The number of nitrogens with zero attached hydrogens (tertiary/aromatic N) is 3. The largest absolute Gasteiger partial charge is 0.372 e. The van der Waals surface area contributed by atoms with E-state index in [0.29, 0.717) is 0 Å². The average molecular weight is 317 g/mol. The molecule has 1 unspecified atom stereocenters. The molecule has 2 aliphatic rings. The summed E-state index contributed by atoms with van der Waals surface area (Å²) >= 11 is 1.87. The van der Waals surface area contributed by atoms with Gasteiger partial charge >= 0.3 is 0 Å². The summed E-state index contributed by atoms with van der Waals surface area (Å²) in [6.07, 6.45) is 7.77. The third-order valence-corrected chi connectivity index (χ3v) is 6.32. The maximum absolute atomic E-state index is 5.99. The number of aromatic nitrogens is 2. The van der Waals surface area contributed by atoms with Crippen molar-refractivity contribution < 1.29 is 4.74 Å². The number of hydrogen-bond donors (Lipinski definition) is 0. The first-order valence-corrected chi connectivity index (χ1v) is 9.16. The molecule has 22 heavy (non-hydrogen) atoms. The van der Waals surface area contributed by atoms with E-state index in [1.165, 1.54) is 46.3 Å². The van der Waals surface area contributed by atoms with Crippen LogP contribution in [0, 0.1) is 0 Å². The Morgan fingerprint density at radius 2 is 2.18 bits per heavy atom. The highest BCUT2D eigenvalue weighted by Crippen LogP contribution is 2.40. The lowest BCUT2D eigenvalue weighted by atomic mass is 9.96. The lowest BCUT2D eigenvalue weighted by Gasteiger charge is -2.40. The van der Waals surface area contributed by atoms with Gasteiger partial charge < -0.3 is 9.64 Å². The molecule has 1 fully saturated rings. The maximum atomic E-state index is 5.99. The van der Waals surface area contributed by atoms with Crippen LogP contribution in [0.1, 0.15) is 43.6 Å². The first-order valence-electron chi connectivity index (χ1n) is 8.34. The van der Waals surface area contributed by atoms with E-state index in [-0.39, 0.29) is 5.60 Å². The van der Waals surface area contributed by atoms with Gasteiger partial charge in [-0.25, -0.2) is 9.97 Å². The van der Waals surface area contributed by atoms with Crippen LogP contribution in [-0.4, -0.2) is 35.3 Å². The van der Waals surface area contributed by atoms with Crippen LogP contribution in [0.5, 0.6) is 0 Å². The third kappa shape index (κ3) is 2.31. The second kappa shape index (κ2) is 5.46. The normalized spacial score (nSPS) is 25.5. The maximum Gasteiger partial charge on any atom is 0.141 e. The molecule has 1 aliphatic heterocycles. The molecule has 2 aromatic heterocycles. The Hall–Kier alpha value is -1.20. The van der Waals surface area contributed by atoms with Gasteiger partial charge in [0.2, 0.25) is 0 Å². The van der Waals surface area contributed by atoms with Gasteiger partial charge in [-0.05, 0) is 44.6 Å². The molecule has 0 aromatic carbocycles. The molecule has 2 aromatic rings. The van der Waals surface area contributed by atoms with Crippen molar-refractivity contribution in [3.63, 3.8) is 0 Å². The fourth-order valence-electron chi connectivity index (χ4n) is 3.64. The fraction of sp³-hybridized carbons (Fsp3) is 0.647. The Morgan fingerprint density at radius 1 is 1.32 bits per heavy atom. The van der Waals surface area contributed by atoms with E-state index in [1.54, 1.807) is 6.33 Å². The van der Waals surface area contributed by atoms with Crippen LogP contribution < -0.4 is 4.90 Å². The zero-order chi connectivity index (χ0) is 15.2. The lowest BCUT2D eigenvalue weighted by Crippen LogP contribution is -2.50. The summed E-state index contributed by atoms with van der Waals surface area (Å²) < 4.78 is 5.99. The SMILES string of the molecule is CCC1(C)CN(c2ncnc3sc4c(c23)CCCC4)CCO1. The van der Waals surface area contributed by atoms with Crippen molar-refractivity contribution >= 4 is 27.4 Å². The smallest absolute Gasteiger partial charge is 0.141 e. The Kier molecular flexibility index (Phi) is 3.57. The van der Waals surface area contributed by atoms with Crippen LogP contribution in [0.2, 0.25) is 0 Å². The fourth-order valence-corrected chi connectivity index (χ4v) is 4.86. The molecule has 4 nitrogen and oxygen atoms in total. The number of thiophene rings is 1. The molecule has 3 heterocycles. The molecule has 0 saturated carbocycles. The first-order chi connectivity index (χ1) is 10.7. The van der Waals surface area contributed by atoms with Crippen molar-refractivity contribution in [2.45, 2.75) is 51.6 Å². The van der Waals surface area contributed by atoms with Crippen LogP contribution in [-0.2, 0) is 17.6 Å². The van der Waals surface area contributed by atoms with Gasteiger partial charge in [0.25, 0.3) is 0 Å². The Labute approximate surface area is 135 Å². The summed E-state index contributed by atoms with van der Waals surface area (Å²) in [6.45, 7) is 7.03. The van der Waals surface area contributed by atoms with Gasteiger partial charge in [0.1, 0.15) is 17.0 Å². The predicted molar refractivity (Wildman–Crippen MR) is 90.9 cm³/mol. The molecule has 0 N–H and O–H groups in total. The summed E-state index contributed by atoms with van der Waals surface area (Å²) in [4.78, 5) is 14.3. The second-order valence-electron chi connectivity index (χ2n) is 6.66. The van der Waals surface area contributed by atoms with Crippen molar-refractivity contribution in [1.82, 2.24) is 9.97 Å². The standard InChI is InChI=1S/C17H23N3OS/c1-3-17(2)10-20(8-9-21-17)15-14-12-6-4-5-7-13(12)22-16(14)19-11-18-15/h11H,3-10H2,1-2H3. The van der Waals surface area contributed by atoms with E-state index in [0.717, 1.165) is 31.9 Å². The summed E-state index contributed by atoms with van der Waals surface area (Å²) in [5.74, 6) is 1.13. The van der Waals surface area contributed by atoms with Gasteiger partial charge in [-0.1, -0.05) is 6.92 Å². The number of ether oxygens (including phenoxy) is 1. The zero-order valence-electron chi connectivity index (χ0n) is 13.4. The highest BCUT2D eigenvalue weighted by atomic mass is 32.1. The van der Waals surface area contributed by atoms with E-state index >= 15 is 0 Å². The summed E-state index contributed by atoms with van der Waals surface area (Å²) in [5, 5.41) is 1.32. The van der Waals surface area contributed by atoms with Gasteiger partial charge in [-0.2, -0.15) is 0 Å². The highest BCUT2D eigenvalue weighted by molar-refractivity contribution is 7.19. The van der Waals surface area contributed by atoms with Crippen molar-refractivity contribution in [3.05, 3.63) is 16.8 Å². The van der Waals surface area contributed by atoms with E-state index < -0.39 is 0 Å². The Balaban J connectivity index is 1.79. The molecule has 5 heteroatoms.